The number of likely N-dealkylation sites (tertiary alicyclic amines) is 1. The SMILES string of the molecule is CNC1CCN(C/C=C/C(=O)Nc2cc3c(Nc4ccc(F)c(Cl)c4)ncnc3cc2OCC2CC2)CC1. The van der Waals surface area contributed by atoms with E-state index < -0.39 is 5.82 Å². The summed E-state index contributed by atoms with van der Waals surface area (Å²) < 4.78 is 19.7. The molecule has 38 heavy (non-hydrogen) atoms. The molecule has 2 heterocycles. The molecule has 200 valence electrons. The average Bonchev–Trinajstić information content (AvgIpc) is 3.75. The molecule has 0 radical (unpaired) electrons. The van der Waals surface area contributed by atoms with Gasteiger partial charge in [-0.25, -0.2) is 14.4 Å². The zero-order valence-electron chi connectivity index (χ0n) is 21.3. The van der Waals surface area contributed by atoms with E-state index in [-0.39, 0.29) is 10.9 Å². The molecule has 2 fully saturated rings. The van der Waals surface area contributed by atoms with Gasteiger partial charge in [0.1, 0.15) is 23.7 Å². The van der Waals surface area contributed by atoms with E-state index in [1.165, 1.54) is 18.5 Å². The minimum absolute atomic E-state index is 0.00950. The number of nitrogens with one attached hydrogen (secondary N) is 3. The lowest BCUT2D eigenvalue weighted by Gasteiger charge is -2.30. The lowest BCUT2D eigenvalue weighted by molar-refractivity contribution is -0.111. The van der Waals surface area contributed by atoms with Crippen LogP contribution in [0.25, 0.3) is 10.9 Å². The van der Waals surface area contributed by atoms with E-state index in [4.69, 9.17) is 16.3 Å². The number of hydrogen-bond acceptors (Lipinski definition) is 7. The van der Waals surface area contributed by atoms with Gasteiger partial charge in [-0.3, -0.25) is 9.69 Å². The highest BCUT2D eigenvalue weighted by Gasteiger charge is 2.23. The van der Waals surface area contributed by atoms with Gasteiger partial charge in [0.25, 0.3) is 0 Å². The first-order valence-corrected chi connectivity index (χ1v) is 13.4. The largest absolute Gasteiger partial charge is 0.491 e. The fraction of sp³-hybridized carbons (Fsp3) is 0.393. The predicted molar refractivity (Wildman–Crippen MR) is 149 cm³/mol. The molecule has 2 aliphatic rings. The lowest BCUT2D eigenvalue weighted by Crippen LogP contribution is -2.41. The Morgan fingerprint density at radius 1 is 1.18 bits per heavy atom. The first kappa shape index (κ1) is 26.3. The van der Waals surface area contributed by atoms with Crippen LogP contribution < -0.4 is 20.7 Å². The summed E-state index contributed by atoms with van der Waals surface area (Å²) in [6.45, 7) is 3.35. The van der Waals surface area contributed by atoms with Crippen LogP contribution in [0.1, 0.15) is 25.7 Å². The number of fused-ring (bicyclic) bond motifs is 1. The second-order valence-corrected chi connectivity index (χ2v) is 10.3. The number of anilines is 3. The number of carbonyl (C=O) groups is 1. The predicted octanol–water partition coefficient (Wildman–Crippen LogP) is 5.13. The van der Waals surface area contributed by atoms with E-state index in [1.807, 2.05) is 19.2 Å². The van der Waals surface area contributed by atoms with Crippen molar-refractivity contribution in [2.75, 3.05) is 43.9 Å². The van der Waals surface area contributed by atoms with Gasteiger partial charge in [-0.1, -0.05) is 17.7 Å². The van der Waals surface area contributed by atoms with Gasteiger partial charge in [0.05, 0.1) is 22.8 Å². The van der Waals surface area contributed by atoms with Crippen molar-refractivity contribution in [3.8, 4) is 5.75 Å². The smallest absolute Gasteiger partial charge is 0.248 e. The van der Waals surface area contributed by atoms with Gasteiger partial charge in [-0.15, -0.1) is 0 Å². The van der Waals surface area contributed by atoms with Crippen LogP contribution in [0.4, 0.5) is 21.6 Å². The number of piperidine rings is 1. The number of amides is 1. The third kappa shape index (κ3) is 6.78. The standard InChI is InChI=1S/C28H32ClFN6O2/c1-31-19-8-11-36(12-9-19)10-2-3-27(37)35-25-14-21-24(15-26(25)38-16-18-4-5-18)32-17-33-28(21)34-20-6-7-23(30)22(29)13-20/h2-3,6-7,13-15,17-19,31H,4-5,8-12,16H2,1H3,(H,35,37)(H,32,33,34)/b3-2+. The molecule has 5 rings (SSSR count). The molecule has 1 saturated heterocycles. The van der Waals surface area contributed by atoms with Gasteiger partial charge < -0.3 is 20.7 Å². The molecule has 3 N–H and O–H groups in total. The number of ether oxygens (including phenoxy) is 1. The Morgan fingerprint density at radius 3 is 2.74 bits per heavy atom. The lowest BCUT2D eigenvalue weighted by atomic mass is 10.1. The zero-order chi connectivity index (χ0) is 26.5. The third-order valence-corrected chi connectivity index (χ3v) is 7.27. The number of halogens is 2. The maximum atomic E-state index is 13.6. The van der Waals surface area contributed by atoms with Gasteiger partial charge in [0.15, 0.2) is 0 Å². The first-order chi connectivity index (χ1) is 18.5. The summed E-state index contributed by atoms with van der Waals surface area (Å²) in [6.07, 6.45) is 9.44. The molecule has 0 unspecified atom stereocenters. The Kier molecular flexibility index (Phi) is 8.36. The van der Waals surface area contributed by atoms with Gasteiger partial charge in [-0.2, -0.15) is 0 Å². The van der Waals surface area contributed by atoms with Crippen LogP contribution in [0.5, 0.6) is 5.75 Å². The highest BCUT2D eigenvalue weighted by atomic mass is 35.5. The molecule has 10 heteroatoms. The maximum Gasteiger partial charge on any atom is 0.248 e. The number of nitrogens with zero attached hydrogens (tertiary/aromatic N) is 3. The molecule has 1 aliphatic carbocycles. The van der Waals surface area contributed by atoms with Crippen LogP contribution >= 0.6 is 11.6 Å². The fourth-order valence-electron chi connectivity index (χ4n) is 4.49. The van der Waals surface area contributed by atoms with E-state index in [0.29, 0.717) is 52.4 Å². The number of benzene rings is 2. The van der Waals surface area contributed by atoms with Crippen LogP contribution in [0.3, 0.4) is 0 Å². The third-order valence-electron chi connectivity index (χ3n) is 6.98. The molecule has 0 spiro atoms. The van der Waals surface area contributed by atoms with Crippen molar-refractivity contribution >= 4 is 45.6 Å². The summed E-state index contributed by atoms with van der Waals surface area (Å²) in [4.78, 5) is 24.0. The van der Waals surface area contributed by atoms with Crippen LogP contribution in [-0.4, -0.2) is 60.1 Å². The van der Waals surface area contributed by atoms with E-state index in [1.54, 1.807) is 18.2 Å². The topological polar surface area (TPSA) is 91.4 Å². The zero-order valence-corrected chi connectivity index (χ0v) is 22.1. The molecule has 2 aromatic carbocycles. The van der Waals surface area contributed by atoms with E-state index in [2.05, 4.69) is 30.8 Å². The van der Waals surface area contributed by atoms with E-state index in [9.17, 15) is 9.18 Å². The molecule has 8 nitrogen and oxygen atoms in total. The molecule has 0 bridgehead atoms. The highest BCUT2D eigenvalue weighted by molar-refractivity contribution is 6.31. The Bertz CT molecular complexity index is 1320. The molecule has 1 amide bonds. The van der Waals surface area contributed by atoms with Crippen molar-refractivity contribution in [2.45, 2.75) is 31.7 Å². The Labute approximate surface area is 226 Å². The molecule has 3 aromatic rings. The van der Waals surface area contributed by atoms with Gasteiger partial charge >= 0.3 is 0 Å². The molecular weight excluding hydrogens is 507 g/mol. The minimum Gasteiger partial charge on any atom is -0.491 e. The van der Waals surface area contributed by atoms with Gasteiger partial charge in [0, 0.05) is 35.8 Å². The molecule has 1 aliphatic heterocycles. The van der Waals surface area contributed by atoms with Gasteiger partial charge in [-0.05, 0) is 76.0 Å². The van der Waals surface area contributed by atoms with Crippen LogP contribution in [0.15, 0.2) is 48.8 Å². The Balaban J connectivity index is 1.34. The van der Waals surface area contributed by atoms with Crippen molar-refractivity contribution < 1.29 is 13.9 Å². The number of hydrogen-bond donors (Lipinski definition) is 3. The maximum absolute atomic E-state index is 13.6. The molecule has 1 aromatic heterocycles. The average molecular weight is 539 g/mol. The second-order valence-electron chi connectivity index (χ2n) is 9.85. The monoisotopic (exact) mass is 538 g/mol. The molecule has 0 atom stereocenters. The quantitative estimate of drug-likeness (QED) is 0.308. The summed E-state index contributed by atoms with van der Waals surface area (Å²) in [7, 11) is 2.00. The summed E-state index contributed by atoms with van der Waals surface area (Å²) in [5.74, 6) is 0.884. The molecule has 1 saturated carbocycles. The summed E-state index contributed by atoms with van der Waals surface area (Å²) >= 11 is 5.95. The van der Waals surface area contributed by atoms with E-state index in [0.717, 1.165) is 45.3 Å². The fourth-order valence-corrected chi connectivity index (χ4v) is 4.67. The minimum atomic E-state index is -0.497. The number of aromatic nitrogens is 2. The second kappa shape index (κ2) is 12.1. The van der Waals surface area contributed by atoms with Crippen molar-refractivity contribution in [1.29, 1.82) is 0 Å². The van der Waals surface area contributed by atoms with Crippen molar-refractivity contribution in [1.82, 2.24) is 20.2 Å². The number of carbonyl (C=O) groups excluding carboxylic acids is 1. The van der Waals surface area contributed by atoms with Gasteiger partial charge in [0.2, 0.25) is 5.91 Å². The summed E-state index contributed by atoms with van der Waals surface area (Å²) in [5.41, 5.74) is 1.77. The van der Waals surface area contributed by atoms with Crippen molar-refractivity contribution in [3.05, 3.63) is 59.7 Å². The van der Waals surface area contributed by atoms with Crippen molar-refractivity contribution in [3.63, 3.8) is 0 Å². The van der Waals surface area contributed by atoms with E-state index >= 15 is 0 Å². The first-order valence-electron chi connectivity index (χ1n) is 13.0. The Morgan fingerprint density at radius 2 is 2.00 bits per heavy atom. The summed E-state index contributed by atoms with van der Waals surface area (Å²) in [6, 6.07) is 8.55. The normalized spacial score (nSPS) is 16.7. The molecular formula is C28H32ClFN6O2. The van der Waals surface area contributed by atoms with Crippen LogP contribution in [-0.2, 0) is 4.79 Å². The Hall–Kier alpha value is -3.27. The highest BCUT2D eigenvalue weighted by Crippen LogP contribution is 2.36. The number of rotatable bonds is 10. The summed E-state index contributed by atoms with van der Waals surface area (Å²) in [5, 5.41) is 10.2. The van der Waals surface area contributed by atoms with Crippen molar-refractivity contribution in [2.24, 2.45) is 5.92 Å². The van der Waals surface area contributed by atoms with Crippen LogP contribution in [0.2, 0.25) is 5.02 Å². The van der Waals surface area contributed by atoms with Crippen LogP contribution in [0, 0.1) is 11.7 Å².